The van der Waals surface area contributed by atoms with Gasteiger partial charge in [0, 0.05) is 17.1 Å². The molecule has 0 aliphatic heterocycles. The van der Waals surface area contributed by atoms with Crippen molar-refractivity contribution in [2.75, 3.05) is 4.72 Å². The summed E-state index contributed by atoms with van der Waals surface area (Å²) < 4.78 is 26.8. The number of carbonyl (C=O) groups is 1. The number of thiazole rings is 1. The van der Waals surface area contributed by atoms with Crippen molar-refractivity contribution in [3.05, 3.63) is 41.4 Å². The van der Waals surface area contributed by atoms with Crippen molar-refractivity contribution in [1.29, 1.82) is 5.26 Å². The van der Waals surface area contributed by atoms with Gasteiger partial charge in [-0.3, -0.25) is 9.52 Å². The summed E-state index contributed by atoms with van der Waals surface area (Å²) in [4.78, 5) is 16.0. The zero-order chi connectivity index (χ0) is 17.7. The maximum absolute atomic E-state index is 12.2. The van der Waals surface area contributed by atoms with Crippen LogP contribution in [0.2, 0.25) is 0 Å². The SMILES string of the molecule is CC(C)[C@H](C#N)NC(=O)c1ccc(S(=O)(=O)Nc2nccs2)cc1. The molecule has 0 aliphatic rings. The summed E-state index contributed by atoms with van der Waals surface area (Å²) in [6, 6.07) is 6.89. The molecule has 2 aromatic rings. The van der Waals surface area contributed by atoms with Crippen LogP contribution in [0.15, 0.2) is 40.7 Å². The molecule has 9 heteroatoms. The summed E-state index contributed by atoms with van der Waals surface area (Å²) in [5.74, 6) is -0.451. The minimum absolute atomic E-state index is 0.0231. The highest BCUT2D eigenvalue weighted by Crippen LogP contribution is 2.18. The molecule has 1 aromatic heterocycles. The van der Waals surface area contributed by atoms with Crippen molar-refractivity contribution in [3.63, 3.8) is 0 Å². The van der Waals surface area contributed by atoms with Crippen LogP contribution in [-0.2, 0) is 10.0 Å². The lowest BCUT2D eigenvalue weighted by molar-refractivity contribution is 0.0937. The van der Waals surface area contributed by atoms with Crippen LogP contribution in [0, 0.1) is 17.2 Å². The van der Waals surface area contributed by atoms with E-state index >= 15 is 0 Å². The van der Waals surface area contributed by atoms with Crippen molar-refractivity contribution in [1.82, 2.24) is 10.3 Å². The molecule has 1 aromatic carbocycles. The van der Waals surface area contributed by atoms with E-state index in [2.05, 4.69) is 15.0 Å². The van der Waals surface area contributed by atoms with Crippen molar-refractivity contribution in [2.45, 2.75) is 24.8 Å². The number of amides is 1. The van der Waals surface area contributed by atoms with Gasteiger partial charge < -0.3 is 5.32 Å². The van der Waals surface area contributed by atoms with E-state index in [1.807, 2.05) is 19.9 Å². The number of aromatic nitrogens is 1. The second-order valence-corrected chi connectivity index (χ2v) is 7.87. The zero-order valence-electron chi connectivity index (χ0n) is 13.1. The van der Waals surface area contributed by atoms with Crippen molar-refractivity contribution in [3.8, 4) is 6.07 Å². The molecule has 0 spiro atoms. The van der Waals surface area contributed by atoms with Crippen LogP contribution in [0.4, 0.5) is 5.13 Å². The number of nitriles is 1. The Morgan fingerprint density at radius 2 is 1.96 bits per heavy atom. The van der Waals surface area contributed by atoms with Crippen LogP contribution in [0.3, 0.4) is 0 Å². The average molecular weight is 364 g/mol. The van der Waals surface area contributed by atoms with Crippen LogP contribution >= 0.6 is 11.3 Å². The van der Waals surface area contributed by atoms with E-state index in [4.69, 9.17) is 5.26 Å². The third-order valence-electron chi connectivity index (χ3n) is 3.17. The van der Waals surface area contributed by atoms with E-state index in [1.54, 1.807) is 5.38 Å². The molecule has 0 fully saturated rings. The van der Waals surface area contributed by atoms with Gasteiger partial charge in [0.1, 0.15) is 6.04 Å². The van der Waals surface area contributed by atoms with Crippen LogP contribution in [-0.4, -0.2) is 25.4 Å². The normalized spacial score (nSPS) is 12.4. The van der Waals surface area contributed by atoms with Gasteiger partial charge in [-0.05, 0) is 30.2 Å². The Morgan fingerprint density at radius 1 is 1.29 bits per heavy atom. The summed E-state index contributed by atoms with van der Waals surface area (Å²) in [5.41, 5.74) is 0.282. The van der Waals surface area contributed by atoms with Gasteiger partial charge >= 0.3 is 0 Å². The zero-order valence-corrected chi connectivity index (χ0v) is 14.7. The predicted octanol–water partition coefficient (Wildman–Crippen LogP) is 2.22. The molecule has 0 saturated carbocycles. The monoisotopic (exact) mass is 364 g/mol. The molecule has 24 heavy (non-hydrogen) atoms. The fourth-order valence-corrected chi connectivity index (χ4v) is 3.59. The first-order valence-corrected chi connectivity index (χ1v) is 9.42. The summed E-state index contributed by atoms with van der Waals surface area (Å²) in [6.45, 7) is 3.65. The number of sulfonamides is 1. The van der Waals surface area contributed by atoms with Crippen molar-refractivity contribution < 1.29 is 13.2 Å². The van der Waals surface area contributed by atoms with Crippen molar-refractivity contribution in [2.24, 2.45) is 5.92 Å². The second-order valence-electron chi connectivity index (χ2n) is 5.29. The molecule has 1 atom stereocenters. The third-order valence-corrected chi connectivity index (χ3v) is 5.35. The molecular weight excluding hydrogens is 348 g/mol. The highest BCUT2D eigenvalue weighted by molar-refractivity contribution is 7.93. The van der Waals surface area contributed by atoms with E-state index < -0.39 is 22.0 Å². The number of nitrogens with one attached hydrogen (secondary N) is 2. The molecule has 0 saturated heterocycles. The van der Waals surface area contributed by atoms with Gasteiger partial charge in [0.25, 0.3) is 15.9 Å². The van der Waals surface area contributed by atoms with Crippen LogP contribution < -0.4 is 10.0 Å². The van der Waals surface area contributed by atoms with Gasteiger partial charge in [0.15, 0.2) is 5.13 Å². The molecular formula is C15H16N4O3S2. The largest absolute Gasteiger partial charge is 0.336 e. The molecule has 1 heterocycles. The summed E-state index contributed by atoms with van der Waals surface area (Å²) in [6.07, 6.45) is 1.50. The molecule has 7 nitrogen and oxygen atoms in total. The second kappa shape index (κ2) is 7.42. The molecule has 0 unspecified atom stereocenters. The summed E-state index contributed by atoms with van der Waals surface area (Å²) in [7, 11) is -3.75. The van der Waals surface area contributed by atoms with Gasteiger partial charge in [0.05, 0.1) is 11.0 Å². The highest BCUT2D eigenvalue weighted by Gasteiger charge is 2.18. The molecule has 0 bridgehead atoms. The Balaban J connectivity index is 2.13. The highest BCUT2D eigenvalue weighted by atomic mass is 32.2. The Hall–Kier alpha value is -2.44. The minimum atomic E-state index is -3.75. The van der Waals surface area contributed by atoms with Crippen LogP contribution in [0.5, 0.6) is 0 Å². The van der Waals surface area contributed by atoms with E-state index in [0.717, 1.165) is 0 Å². The van der Waals surface area contributed by atoms with E-state index in [1.165, 1.54) is 41.8 Å². The summed E-state index contributed by atoms with van der Waals surface area (Å²) >= 11 is 1.17. The van der Waals surface area contributed by atoms with Gasteiger partial charge in [0.2, 0.25) is 0 Å². The number of hydrogen-bond donors (Lipinski definition) is 2. The number of carbonyl (C=O) groups excluding carboxylic acids is 1. The standard InChI is InChI=1S/C15H16N4O3S2/c1-10(2)13(9-16)18-14(20)11-3-5-12(6-4-11)24(21,22)19-15-17-7-8-23-15/h3-8,10,13H,1-2H3,(H,17,19)(H,18,20)/t13-/m0/s1. The maximum atomic E-state index is 12.2. The smallest absolute Gasteiger partial charge is 0.263 e. The first kappa shape index (κ1) is 17.9. The topological polar surface area (TPSA) is 112 Å². The Morgan fingerprint density at radius 3 is 2.46 bits per heavy atom. The average Bonchev–Trinajstić information content (AvgIpc) is 3.04. The summed E-state index contributed by atoms with van der Waals surface area (Å²) in [5, 5.41) is 13.5. The fourth-order valence-electron chi connectivity index (χ4n) is 1.81. The molecule has 0 aliphatic carbocycles. The Labute approximate surface area is 144 Å². The number of benzene rings is 1. The molecule has 2 rings (SSSR count). The van der Waals surface area contributed by atoms with Crippen LogP contribution in [0.1, 0.15) is 24.2 Å². The van der Waals surface area contributed by atoms with Gasteiger partial charge in [-0.2, -0.15) is 5.26 Å². The van der Waals surface area contributed by atoms with Gasteiger partial charge in [-0.1, -0.05) is 13.8 Å². The lowest BCUT2D eigenvalue weighted by atomic mass is 10.1. The van der Waals surface area contributed by atoms with Gasteiger partial charge in [-0.25, -0.2) is 13.4 Å². The number of rotatable bonds is 6. The number of nitrogens with zero attached hydrogens (tertiary/aromatic N) is 2. The van der Waals surface area contributed by atoms with E-state index in [-0.39, 0.29) is 21.5 Å². The number of hydrogen-bond acceptors (Lipinski definition) is 6. The molecule has 1 amide bonds. The van der Waals surface area contributed by atoms with Crippen molar-refractivity contribution >= 4 is 32.4 Å². The maximum Gasteiger partial charge on any atom is 0.263 e. The Kier molecular flexibility index (Phi) is 5.54. The first-order chi connectivity index (χ1) is 11.3. The lowest BCUT2D eigenvalue weighted by Gasteiger charge is -2.15. The minimum Gasteiger partial charge on any atom is -0.336 e. The van der Waals surface area contributed by atoms with E-state index in [9.17, 15) is 13.2 Å². The molecule has 0 radical (unpaired) electrons. The first-order valence-electron chi connectivity index (χ1n) is 7.06. The van der Waals surface area contributed by atoms with E-state index in [0.29, 0.717) is 0 Å². The Bertz CT molecular complexity index is 838. The lowest BCUT2D eigenvalue weighted by Crippen LogP contribution is -2.37. The fraction of sp³-hybridized carbons (Fsp3) is 0.267. The molecule has 2 N–H and O–H groups in total. The van der Waals surface area contributed by atoms with Gasteiger partial charge in [-0.15, -0.1) is 11.3 Å². The third kappa shape index (κ3) is 4.31. The quantitative estimate of drug-likeness (QED) is 0.816. The number of anilines is 1. The van der Waals surface area contributed by atoms with Crippen LogP contribution in [0.25, 0.3) is 0 Å². The predicted molar refractivity (Wildman–Crippen MR) is 91.1 cm³/mol. The molecule has 126 valence electrons.